The number of likely N-dealkylation sites (tertiary alicyclic amines) is 1. The third-order valence-corrected chi connectivity index (χ3v) is 13.9. The number of ketones is 3. The zero-order valence-corrected chi connectivity index (χ0v) is 52.2. The van der Waals surface area contributed by atoms with Crippen molar-refractivity contribution >= 4 is 123 Å². The first-order chi connectivity index (χ1) is 46.4. The number of carboxylic acid groups (broad SMARTS) is 3. The Bertz CT molecular complexity index is 3510. The summed E-state index contributed by atoms with van der Waals surface area (Å²) in [5, 5.41) is 28.7. The molecule has 99 heavy (non-hydrogen) atoms. The standard InChI is InChI=1S/C25H25N3O10.C17H14N2O7.C13H18N2O5.C2HF3O2.CH4O4S.CH4.FH/c29-18(15-4-3-5-16(14-15)25(37)38-28-22(33)11-12-23(28)34)7-8-19(30)26-17(24(35)36)6-1-2-13-27-20(31)9-10-21(27)32;20-12(9-18-13(21)4-5-14(18)22)10-2-1-3-11(8-10)17(25)26-19-15(23)6-7-16(19)24;14-8-10(16)7-9(13(19)20)3-1-2-6-15-11(17)4-5-12(15)18;3-2(4,5)1(6)7;1-5-6(2,3)4;;/h3-5,9-10,14,17H,1-2,6-8,11-13H2,(H,26,30)(H,35,36);1-3,8H,4-7,9H2;4-5,9H,1-3,6-8,14H2,(H,19,20);(H,6,7);1H3,(H,2,3,4);1H4;1H/t17-;;9-;;;;/m0.1..../s1/i/hD. The number of carbonyl (C=O) groups excluding carboxylic acids is 16. The van der Waals surface area contributed by atoms with E-state index >= 15 is 0 Å². The molecule has 0 bridgehead atoms. The van der Waals surface area contributed by atoms with E-state index in [0.717, 1.165) is 34.0 Å². The first kappa shape index (κ1) is 84.1. The number of unbranched alkanes of at least 4 members (excludes halogenated alkanes) is 2. The van der Waals surface area contributed by atoms with E-state index < -0.39 is 130 Å². The SMILES string of the molecule is C.COS(=O)(=O)O.NCC(=O)C[C@@H](CCCCN1C(=O)C=CC1=O)C(=O)O.O=C(CCC(=O)c1cccc(C(=O)ON2C(=O)CCC2=O)c1)N[C@@H](CCCCN1C(=O)C=CC1=O)C(=O)O.O=C(CN1C(=O)CCC1=O)c1cccc(C(=O)ON2C(=O)CCC2=O)c1.O=C(O)C(F)(F)F.[2H]F. The van der Waals surface area contributed by atoms with Crippen molar-refractivity contribution in [2.75, 3.05) is 33.3 Å². The highest BCUT2D eigenvalue weighted by atomic mass is 32.3. The first-order valence-corrected chi connectivity index (χ1v) is 29.9. The maximum atomic E-state index is 12.6. The molecule has 0 radical (unpaired) electrons. The van der Waals surface area contributed by atoms with Gasteiger partial charge in [-0.3, -0.25) is 100 Å². The monoisotopic (exact) mass is 1430 g/mol. The number of halogens is 4. The Kier molecular flexibility index (Phi) is 34.4. The lowest BCUT2D eigenvalue weighted by atomic mass is 9.96. The van der Waals surface area contributed by atoms with E-state index in [9.17, 15) is 113 Å². The number of nitrogens with zero attached hydrogens (tertiary/aromatic N) is 5. The van der Waals surface area contributed by atoms with Crippen LogP contribution in [0.15, 0.2) is 72.8 Å². The molecule has 0 unspecified atom stereocenters. The Morgan fingerprint density at radius 1 is 0.586 bits per heavy atom. The van der Waals surface area contributed by atoms with Crippen LogP contribution in [0.5, 0.6) is 0 Å². The highest BCUT2D eigenvalue weighted by molar-refractivity contribution is 7.80. The summed E-state index contributed by atoms with van der Waals surface area (Å²) in [5.41, 5.74) is 5.23. The maximum Gasteiger partial charge on any atom is 0.490 e. The van der Waals surface area contributed by atoms with Gasteiger partial charge in [0.25, 0.3) is 48.7 Å². The highest BCUT2D eigenvalue weighted by Crippen LogP contribution is 2.21. The van der Waals surface area contributed by atoms with Gasteiger partial charge >= 0.3 is 46.4 Å². The van der Waals surface area contributed by atoms with Crippen molar-refractivity contribution in [3.63, 3.8) is 0 Å². The van der Waals surface area contributed by atoms with E-state index in [0.29, 0.717) is 42.2 Å². The number of amides is 11. The van der Waals surface area contributed by atoms with Gasteiger partial charge in [-0.2, -0.15) is 21.6 Å². The van der Waals surface area contributed by atoms with Crippen LogP contribution in [0.25, 0.3) is 0 Å². The molecule has 5 heterocycles. The van der Waals surface area contributed by atoms with E-state index in [-0.39, 0.29) is 131 Å². The van der Waals surface area contributed by atoms with Crippen LogP contribution in [-0.4, -0.2) is 212 Å². The first-order valence-electron chi connectivity index (χ1n) is 28.9. The second kappa shape index (κ2) is 40.5. The van der Waals surface area contributed by atoms with Gasteiger partial charge in [-0.15, -0.1) is 10.1 Å². The Morgan fingerprint density at radius 3 is 1.30 bits per heavy atom. The molecule has 3 saturated heterocycles. The molecule has 5 aliphatic heterocycles. The van der Waals surface area contributed by atoms with Crippen LogP contribution in [0.3, 0.4) is 0 Å². The Balaban J connectivity index is 0.000000701. The summed E-state index contributed by atoms with van der Waals surface area (Å²) in [7, 11) is -3.29. The quantitative estimate of drug-likeness (QED) is 0.0230. The average Bonchev–Trinajstić information content (AvgIpc) is 1.36. The van der Waals surface area contributed by atoms with Gasteiger partial charge in [0.2, 0.25) is 17.7 Å². The van der Waals surface area contributed by atoms with Crippen molar-refractivity contribution in [3.8, 4) is 0 Å². The molecular weight excluding hydrogens is 1360 g/mol. The molecule has 3 fully saturated rings. The molecule has 2 aromatic carbocycles. The summed E-state index contributed by atoms with van der Waals surface area (Å²) in [5.74, 6) is -14.6. The number of hydroxylamine groups is 4. The Labute approximate surface area is 559 Å². The number of hydrogen-bond donors (Lipinski definition) is 6. The molecule has 35 nitrogen and oxygen atoms in total. The number of alkyl halides is 3. The number of nitrogens with two attached hydrogens (primary N) is 1. The number of Topliss-reactive ketones (excluding diaryl/α,β-unsaturated/α-hetero) is 3. The zero-order valence-electron chi connectivity index (χ0n) is 52.3. The molecule has 0 saturated carbocycles. The van der Waals surface area contributed by atoms with Gasteiger partial charge in [-0.1, -0.05) is 38.1 Å². The summed E-state index contributed by atoms with van der Waals surface area (Å²) in [6.45, 7) is -0.163. The minimum Gasteiger partial charge on any atom is -0.481 e. The van der Waals surface area contributed by atoms with Gasteiger partial charge in [0.05, 0.1) is 37.2 Å². The topological polar surface area (TPSA) is 521 Å². The number of benzene rings is 2. The van der Waals surface area contributed by atoms with Crippen molar-refractivity contribution in [2.45, 2.75) is 116 Å². The van der Waals surface area contributed by atoms with Crippen molar-refractivity contribution in [3.05, 3.63) is 95.1 Å². The molecule has 2 aromatic rings. The van der Waals surface area contributed by atoms with Crippen LogP contribution in [0.4, 0.5) is 17.9 Å². The number of rotatable bonds is 28. The molecule has 540 valence electrons. The highest BCUT2D eigenvalue weighted by Gasteiger charge is 2.39. The van der Waals surface area contributed by atoms with E-state index in [2.05, 4.69) is 11.0 Å². The van der Waals surface area contributed by atoms with Crippen LogP contribution < -0.4 is 11.1 Å². The molecular formula is C59H67F4N7O28S. The van der Waals surface area contributed by atoms with E-state index in [1.54, 1.807) is 0 Å². The van der Waals surface area contributed by atoms with Crippen LogP contribution >= 0.6 is 0 Å². The second-order valence-electron chi connectivity index (χ2n) is 20.5. The molecule has 0 spiro atoms. The summed E-state index contributed by atoms with van der Waals surface area (Å²) < 4.78 is 74.4. The summed E-state index contributed by atoms with van der Waals surface area (Å²) in [6.07, 6.45) is 1.08. The van der Waals surface area contributed by atoms with Gasteiger partial charge < -0.3 is 36.0 Å². The molecule has 11 amide bonds. The molecule has 7 rings (SSSR count). The van der Waals surface area contributed by atoms with Crippen LogP contribution in [-0.2, 0) is 96.2 Å². The predicted octanol–water partition coefficient (Wildman–Crippen LogP) is 1.33. The van der Waals surface area contributed by atoms with E-state index in [1.807, 2.05) is 0 Å². The largest absolute Gasteiger partial charge is 0.490 e. The molecule has 0 aliphatic carbocycles. The third-order valence-electron chi connectivity index (χ3n) is 13.5. The maximum absolute atomic E-state index is 12.6. The molecule has 7 N–H and O–H groups in total. The summed E-state index contributed by atoms with van der Waals surface area (Å²) in [6, 6.07) is 9.57. The number of imide groups is 5. The van der Waals surface area contributed by atoms with E-state index in [1.165, 1.54) is 60.7 Å². The molecule has 5 aliphatic rings. The normalized spacial score (nSPS) is 15.3. The molecule has 40 heteroatoms. The second-order valence-corrected chi connectivity index (χ2v) is 21.6. The van der Waals surface area contributed by atoms with Gasteiger partial charge in [-0.25, -0.2) is 19.2 Å². The fourth-order valence-electron chi connectivity index (χ4n) is 8.41. The average molecular weight is 1430 g/mol. The van der Waals surface area contributed by atoms with Gasteiger partial charge in [-0.05, 0) is 56.4 Å². The Morgan fingerprint density at radius 2 is 0.949 bits per heavy atom. The van der Waals surface area contributed by atoms with Gasteiger partial charge in [0.1, 0.15) is 11.8 Å². The van der Waals surface area contributed by atoms with Gasteiger partial charge in [0.15, 0.2) is 11.6 Å². The Hall–Kier alpha value is -11.0. The lowest BCUT2D eigenvalue weighted by molar-refractivity contribution is -0.192. The van der Waals surface area contributed by atoms with Crippen molar-refractivity contribution in [1.29, 1.82) is 1.45 Å². The lowest BCUT2D eigenvalue weighted by Gasteiger charge is -2.16. The van der Waals surface area contributed by atoms with E-state index in [4.69, 9.17) is 39.7 Å². The molecule has 2 atom stereocenters. The number of hydrogen-bond acceptors (Lipinski definition) is 25. The fraction of sp³-hybridized carbons (Fsp3) is 0.407. The lowest BCUT2D eigenvalue weighted by Crippen LogP contribution is -2.41. The van der Waals surface area contributed by atoms with Crippen LogP contribution in [0.1, 0.15) is 145 Å². The smallest absolute Gasteiger partial charge is 0.481 e. The third kappa shape index (κ3) is 28.7. The van der Waals surface area contributed by atoms with Crippen molar-refractivity contribution < 1.29 is 151 Å². The molecule has 0 aromatic heterocycles. The number of aliphatic carboxylic acids is 3. The minimum absolute atomic E-state index is 0. The minimum atomic E-state index is -5.08. The fourth-order valence-corrected chi connectivity index (χ4v) is 8.41. The number of carboxylic acids is 3. The van der Waals surface area contributed by atoms with Crippen LogP contribution in [0, 0.1) is 5.92 Å². The number of carbonyl (C=O) groups is 19. The summed E-state index contributed by atoms with van der Waals surface area (Å²) >= 11 is 0. The number of nitrogens with one attached hydrogen (secondary N) is 1. The summed E-state index contributed by atoms with van der Waals surface area (Å²) in [4.78, 5) is 232. The van der Waals surface area contributed by atoms with Crippen molar-refractivity contribution in [2.24, 2.45) is 11.7 Å². The zero-order chi connectivity index (χ0) is 75.1. The van der Waals surface area contributed by atoms with Crippen LogP contribution in [0.2, 0.25) is 0 Å². The van der Waals surface area contributed by atoms with Gasteiger partial charge in [0, 0.05) is 106 Å². The predicted molar refractivity (Wildman–Crippen MR) is 320 cm³/mol. The van der Waals surface area contributed by atoms with Crippen molar-refractivity contribution in [1.82, 2.24) is 30.1 Å².